The molecule has 0 bridgehead atoms. The van der Waals surface area contributed by atoms with Crippen LogP contribution in [0.25, 0.3) is 22.6 Å². The number of aliphatic imine (C=N–C) groups is 1. The van der Waals surface area contributed by atoms with E-state index < -0.39 is 0 Å². The summed E-state index contributed by atoms with van der Waals surface area (Å²) in [5.74, 6) is 0.402. The smallest absolute Gasteiger partial charge is 0.253 e. The lowest BCUT2D eigenvalue weighted by atomic mass is 10.1. The third-order valence-corrected chi connectivity index (χ3v) is 6.04. The molecule has 2 heterocycles. The Bertz CT molecular complexity index is 1120. The van der Waals surface area contributed by atoms with Crippen LogP contribution < -0.4 is 10.2 Å². The molecule has 1 saturated heterocycles. The zero-order valence-electron chi connectivity index (χ0n) is 20.5. The van der Waals surface area contributed by atoms with Gasteiger partial charge < -0.3 is 24.5 Å². The number of nitrogens with one attached hydrogen (secondary N) is 1. The molecule has 1 amide bonds. The third kappa shape index (κ3) is 5.72. The summed E-state index contributed by atoms with van der Waals surface area (Å²) in [4.78, 5) is 26.5. The SMILES string of the molecule is C=C.CCC(CC=NC)NC(=O)c1cccc2oc(-c3ccccc3N3CCN(C)CC3)nc12. The summed E-state index contributed by atoms with van der Waals surface area (Å²) >= 11 is 0. The summed E-state index contributed by atoms with van der Waals surface area (Å²) in [5, 5.41) is 3.10. The normalized spacial score (nSPS) is 15.2. The van der Waals surface area contributed by atoms with Gasteiger partial charge in [0, 0.05) is 57.6 Å². The lowest BCUT2D eigenvalue weighted by molar-refractivity contribution is 0.0939. The van der Waals surface area contributed by atoms with Gasteiger partial charge in [0.2, 0.25) is 5.89 Å². The summed E-state index contributed by atoms with van der Waals surface area (Å²) in [6, 6.07) is 13.7. The molecule has 1 aliphatic heterocycles. The highest BCUT2D eigenvalue weighted by Gasteiger charge is 2.22. The maximum absolute atomic E-state index is 13.0. The number of hydrogen-bond donors (Lipinski definition) is 1. The number of hydrogen-bond acceptors (Lipinski definition) is 6. The molecule has 0 radical (unpaired) electrons. The summed E-state index contributed by atoms with van der Waals surface area (Å²) in [6.07, 6.45) is 3.37. The average molecular weight is 462 g/mol. The van der Waals surface area contributed by atoms with E-state index >= 15 is 0 Å². The first-order chi connectivity index (χ1) is 16.6. The van der Waals surface area contributed by atoms with E-state index in [4.69, 9.17) is 9.40 Å². The van der Waals surface area contributed by atoms with Gasteiger partial charge in [-0.05, 0) is 37.7 Å². The molecule has 4 rings (SSSR count). The molecule has 2 aromatic carbocycles. The number of para-hydroxylation sites is 2. The number of benzene rings is 2. The van der Waals surface area contributed by atoms with Crippen molar-refractivity contribution in [3.63, 3.8) is 0 Å². The van der Waals surface area contributed by atoms with Crippen LogP contribution in [0.4, 0.5) is 5.69 Å². The summed E-state index contributed by atoms with van der Waals surface area (Å²) in [7, 11) is 3.89. The Morgan fingerprint density at radius 3 is 2.62 bits per heavy atom. The van der Waals surface area contributed by atoms with E-state index in [0.29, 0.717) is 29.0 Å². The Morgan fingerprint density at radius 1 is 1.18 bits per heavy atom. The number of fused-ring (bicyclic) bond motifs is 1. The summed E-state index contributed by atoms with van der Waals surface area (Å²) in [6.45, 7) is 12.0. The van der Waals surface area contributed by atoms with Crippen molar-refractivity contribution in [1.29, 1.82) is 0 Å². The standard InChI is InChI=1S/C25H31N5O2.C2H4/c1-4-18(12-13-26-2)27-24(31)20-9-7-11-22-23(20)28-25(32-22)19-8-5-6-10-21(19)30-16-14-29(3)15-17-30;1-2/h5-11,13,18H,4,12,14-17H2,1-3H3,(H,27,31);1-2H2. The van der Waals surface area contributed by atoms with Gasteiger partial charge in [-0.15, -0.1) is 13.2 Å². The van der Waals surface area contributed by atoms with Crippen molar-refractivity contribution in [2.45, 2.75) is 25.8 Å². The largest absolute Gasteiger partial charge is 0.436 e. The van der Waals surface area contributed by atoms with Crippen LogP contribution in [0.5, 0.6) is 0 Å². The molecule has 7 heteroatoms. The van der Waals surface area contributed by atoms with Gasteiger partial charge in [-0.25, -0.2) is 4.98 Å². The molecule has 1 fully saturated rings. The van der Waals surface area contributed by atoms with Crippen molar-refractivity contribution < 1.29 is 9.21 Å². The molecule has 34 heavy (non-hydrogen) atoms. The minimum atomic E-state index is -0.140. The van der Waals surface area contributed by atoms with E-state index in [1.807, 2.05) is 36.5 Å². The highest BCUT2D eigenvalue weighted by molar-refractivity contribution is 6.05. The number of carbonyl (C=O) groups excluding carboxylic acids is 1. The number of piperazine rings is 1. The van der Waals surface area contributed by atoms with Gasteiger partial charge >= 0.3 is 0 Å². The first-order valence-corrected chi connectivity index (χ1v) is 11.7. The number of nitrogens with zero attached hydrogens (tertiary/aromatic N) is 4. The van der Waals surface area contributed by atoms with Crippen molar-refractivity contribution >= 4 is 28.9 Å². The lowest BCUT2D eigenvalue weighted by Crippen LogP contribution is -2.44. The first kappa shape index (κ1) is 25.2. The number of amides is 1. The fourth-order valence-corrected chi connectivity index (χ4v) is 4.05. The molecule has 1 unspecified atom stereocenters. The van der Waals surface area contributed by atoms with Gasteiger partial charge in [0.1, 0.15) is 5.52 Å². The minimum Gasteiger partial charge on any atom is -0.436 e. The molecule has 0 aliphatic carbocycles. The predicted molar refractivity (Wildman–Crippen MR) is 141 cm³/mol. The van der Waals surface area contributed by atoms with Gasteiger partial charge in [-0.1, -0.05) is 25.1 Å². The molecule has 7 nitrogen and oxygen atoms in total. The second-order valence-corrected chi connectivity index (χ2v) is 8.23. The Hall–Kier alpha value is -3.45. The Kier molecular flexibility index (Phi) is 8.99. The van der Waals surface area contributed by atoms with Gasteiger partial charge in [0.05, 0.1) is 11.1 Å². The zero-order chi connectivity index (χ0) is 24.5. The fraction of sp³-hybridized carbons (Fsp3) is 0.370. The van der Waals surface area contributed by atoms with E-state index in [2.05, 4.69) is 53.3 Å². The Labute approximate surface area is 202 Å². The van der Waals surface area contributed by atoms with Crippen molar-refractivity contribution in [1.82, 2.24) is 15.2 Å². The number of rotatable bonds is 7. The Balaban J connectivity index is 0.00000158. The molecule has 1 aromatic heterocycles. The number of likely N-dealkylation sites (N-methyl/N-ethyl adjacent to an activating group) is 1. The van der Waals surface area contributed by atoms with Crippen LogP contribution >= 0.6 is 0 Å². The van der Waals surface area contributed by atoms with E-state index in [-0.39, 0.29) is 11.9 Å². The molecule has 0 saturated carbocycles. The second-order valence-electron chi connectivity index (χ2n) is 8.23. The van der Waals surface area contributed by atoms with Crippen LogP contribution in [0.1, 0.15) is 30.1 Å². The van der Waals surface area contributed by atoms with Crippen molar-refractivity contribution in [3.05, 3.63) is 61.2 Å². The number of aromatic nitrogens is 1. The van der Waals surface area contributed by atoms with Gasteiger partial charge in [0.15, 0.2) is 5.58 Å². The van der Waals surface area contributed by atoms with Crippen LogP contribution in [0.3, 0.4) is 0 Å². The number of carbonyl (C=O) groups is 1. The van der Waals surface area contributed by atoms with Crippen LogP contribution in [-0.2, 0) is 0 Å². The maximum atomic E-state index is 13.0. The molecule has 1 aliphatic rings. The van der Waals surface area contributed by atoms with E-state index in [1.54, 1.807) is 13.1 Å². The second kappa shape index (κ2) is 12.1. The van der Waals surface area contributed by atoms with Gasteiger partial charge in [-0.3, -0.25) is 4.79 Å². The van der Waals surface area contributed by atoms with Gasteiger partial charge in [0.25, 0.3) is 5.91 Å². The number of oxazole rings is 1. The molecule has 180 valence electrons. The molecule has 3 aromatic rings. The zero-order valence-corrected chi connectivity index (χ0v) is 20.5. The van der Waals surface area contributed by atoms with Crippen molar-refractivity contribution in [2.75, 3.05) is 45.2 Å². The molecule has 1 N–H and O–H groups in total. The highest BCUT2D eigenvalue weighted by atomic mass is 16.3. The van der Waals surface area contributed by atoms with E-state index in [9.17, 15) is 4.79 Å². The first-order valence-electron chi connectivity index (χ1n) is 11.7. The maximum Gasteiger partial charge on any atom is 0.253 e. The number of anilines is 1. The van der Waals surface area contributed by atoms with Gasteiger partial charge in [-0.2, -0.15) is 0 Å². The fourth-order valence-electron chi connectivity index (χ4n) is 4.05. The van der Waals surface area contributed by atoms with Crippen molar-refractivity contribution in [2.24, 2.45) is 4.99 Å². The minimum absolute atomic E-state index is 0.0331. The topological polar surface area (TPSA) is 74.0 Å². The molecule has 1 atom stereocenters. The van der Waals surface area contributed by atoms with Crippen LogP contribution in [0, 0.1) is 0 Å². The third-order valence-electron chi connectivity index (χ3n) is 6.04. The van der Waals surface area contributed by atoms with Crippen LogP contribution in [-0.4, -0.2) is 68.3 Å². The molecular formula is C27H35N5O2. The predicted octanol–water partition coefficient (Wildman–Crippen LogP) is 4.65. The lowest BCUT2D eigenvalue weighted by Gasteiger charge is -2.34. The van der Waals surface area contributed by atoms with Crippen LogP contribution in [0.2, 0.25) is 0 Å². The molecular weight excluding hydrogens is 426 g/mol. The van der Waals surface area contributed by atoms with E-state index in [0.717, 1.165) is 43.9 Å². The molecule has 0 spiro atoms. The monoisotopic (exact) mass is 461 g/mol. The quantitative estimate of drug-likeness (QED) is 0.410. The van der Waals surface area contributed by atoms with Crippen molar-refractivity contribution in [3.8, 4) is 11.5 Å². The van der Waals surface area contributed by atoms with Crippen LogP contribution in [0.15, 0.2) is 65.0 Å². The Morgan fingerprint density at radius 2 is 1.91 bits per heavy atom. The summed E-state index contributed by atoms with van der Waals surface area (Å²) < 4.78 is 6.14. The average Bonchev–Trinajstić information content (AvgIpc) is 3.32. The summed E-state index contributed by atoms with van der Waals surface area (Å²) in [5.41, 5.74) is 3.80. The van der Waals surface area contributed by atoms with E-state index in [1.165, 1.54) is 0 Å². The highest BCUT2D eigenvalue weighted by Crippen LogP contribution is 2.33.